The topological polar surface area (TPSA) is 102 Å². The van der Waals surface area contributed by atoms with Gasteiger partial charge in [0.25, 0.3) is 5.69 Å². The number of aryl methyl sites for hydroxylation is 1. The van der Waals surface area contributed by atoms with Gasteiger partial charge in [0.15, 0.2) is 9.84 Å². The van der Waals surface area contributed by atoms with Gasteiger partial charge in [-0.1, -0.05) is 12.1 Å². The Labute approximate surface area is 128 Å². The van der Waals surface area contributed by atoms with E-state index in [1.54, 1.807) is 31.2 Å². The molecule has 0 bridgehead atoms. The van der Waals surface area contributed by atoms with E-state index < -0.39 is 14.8 Å². The van der Waals surface area contributed by atoms with Gasteiger partial charge in [-0.05, 0) is 30.2 Å². The fraction of sp³-hybridized carbons (Fsp3) is 0.214. The highest BCUT2D eigenvalue weighted by Gasteiger charge is 2.10. The normalized spacial score (nSPS) is 11.2. The third-order valence-electron chi connectivity index (χ3n) is 3.09. The zero-order valence-corrected chi connectivity index (χ0v) is 12.9. The molecule has 0 aliphatic carbocycles. The van der Waals surface area contributed by atoms with Crippen LogP contribution in [-0.4, -0.2) is 24.6 Å². The van der Waals surface area contributed by atoms with E-state index in [9.17, 15) is 18.5 Å². The summed E-state index contributed by atoms with van der Waals surface area (Å²) in [5, 5.41) is 13.7. The number of benzene rings is 1. The Morgan fingerprint density at radius 3 is 2.41 bits per heavy atom. The molecule has 0 radical (unpaired) electrons. The molecule has 116 valence electrons. The first-order valence-electron chi connectivity index (χ1n) is 6.41. The Balaban J connectivity index is 2.09. The molecular weight excluding hydrogens is 306 g/mol. The lowest BCUT2D eigenvalue weighted by molar-refractivity contribution is -0.385. The molecule has 0 unspecified atom stereocenters. The first kappa shape index (κ1) is 15.9. The Kier molecular flexibility index (Phi) is 4.41. The Morgan fingerprint density at radius 1 is 1.27 bits per heavy atom. The van der Waals surface area contributed by atoms with E-state index in [0.29, 0.717) is 17.9 Å². The van der Waals surface area contributed by atoms with E-state index in [1.165, 1.54) is 12.3 Å². The first-order valence-corrected chi connectivity index (χ1v) is 8.30. The third kappa shape index (κ3) is 3.79. The molecule has 1 aromatic carbocycles. The van der Waals surface area contributed by atoms with Gasteiger partial charge in [0.05, 0.1) is 9.82 Å². The molecule has 2 rings (SSSR count). The van der Waals surface area contributed by atoms with Crippen molar-refractivity contribution in [3.8, 4) is 0 Å². The molecule has 1 heterocycles. The summed E-state index contributed by atoms with van der Waals surface area (Å²) in [6.07, 6.45) is 2.35. The largest absolute Gasteiger partial charge is 0.366 e. The zero-order chi connectivity index (χ0) is 16.3. The molecule has 0 amide bonds. The van der Waals surface area contributed by atoms with Crippen molar-refractivity contribution in [1.82, 2.24) is 4.98 Å². The van der Waals surface area contributed by atoms with Crippen molar-refractivity contribution in [1.29, 1.82) is 0 Å². The number of hydrogen-bond acceptors (Lipinski definition) is 6. The highest BCUT2D eigenvalue weighted by Crippen LogP contribution is 2.19. The molecule has 22 heavy (non-hydrogen) atoms. The predicted octanol–water partition coefficient (Wildman–Crippen LogP) is 2.31. The molecule has 2 aromatic rings. The van der Waals surface area contributed by atoms with Crippen LogP contribution < -0.4 is 5.32 Å². The fourth-order valence-corrected chi connectivity index (χ4v) is 2.52. The van der Waals surface area contributed by atoms with Crippen molar-refractivity contribution < 1.29 is 13.3 Å². The van der Waals surface area contributed by atoms with Crippen LogP contribution in [0.4, 0.5) is 11.5 Å². The summed E-state index contributed by atoms with van der Waals surface area (Å²) in [4.78, 5) is 14.4. The molecule has 0 saturated heterocycles. The average Bonchev–Trinajstić information content (AvgIpc) is 2.45. The second kappa shape index (κ2) is 6.10. The van der Waals surface area contributed by atoms with Gasteiger partial charge >= 0.3 is 0 Å². The van der Waals surface area contributed by atoms with Gasteiger partial charge < -0.3 is 5.32 Å². The fourth-order valence-electron chi connectivity index (χ4n) is 1.89. The van der Waals surface area contributed by atoms with Crippen LogP contribution in [0.3, 0.4) is 0 Å². The van der Waals surface area contributed by atoms with E-state index in [0.717, 1.165) is 11.8 Å². The molecule has 0 atom stereocenters. The summed E-state index contributed by atoms with van der Waals surface area (Å²) >= 11 is 0. The number of pyridine rings is 1. The van der Waals surface area contributed by atoms with Crippen LogP contribution in [0, 0.1) is 17.0 Å². The highest BCUT2D eigenvalue weighted by atomic mass is 32.2. The monoisotopic (exact) mass is 321 g/mol. The number of anilines is 1. The van der Waals surface area contributed by atoms with E-state index in [4.69, 9.17) is 0 Å². The molecule has 0 spiro atoms. The van der Waals surface area contributed by atoms with Crippen molar-refractivity contribution in [2.75, 3.05) is 11.6 Å². The number of nitrogens with zero attached hydrogens (tertiary/aromatic N) is 2. The Hall–Kier alpha value is -2.48. The number of hydrogen-bond donors (Lipinski definition) is 1. The van der Waals surface area contributed by atoms with Crippen LogP contribution in [0.2, 0.25) is 0 Å². The number of sulfone groups is 1. The highest BCUT2D eigenvalue weighted by molar-refractivity contribution is 7.90. The Morgan fingerprint density at radius 2 is 1.91 bits per heavy atom. The van der Waals surface area contributed by atoms with E-state index >= 15 is 0 Å². The van der Waals surface area contributed by atoms with Crippen molar-refractivity contribution in [2.45, 2.75) is 18.4 Å². The summed E-state index contributed by atoms with van der Waals surface area (Å²) in [6, 6.07) is 7.96. The van der Waals surface area contributed by atoms with E-state index in [2.05, 4.69) is 10.3 Å². The minimum absolute atomic E-state index is 0.0550. The van der Waals surface area contributed by atoms with Gasteiger partial charge in [0, 0.05) is 18.9 Å². The van der Waals surface area contributed by atoms with Crippen molar-refractivity contribution in [2.24, 2.45) is 0 Å². The summed E-state index contributed by atoms with van der Waals surface area (Å²) in [5.74, 6) is 0.554. The maximum Gasteiger partial charge on any atom is 0.287 e. The van der Waals surface area contributed by atoms with Crippen molar-refractivity contribution in [3.63, 3.8) is 0 Å². The van der Waals surface area contributed by atoms with Gasteiger partial charge in [0.1, 0.15) is 12.0 Å². The van der Waals surface area contributed by atoms with Crippen molar-refractivity contribution >= 4 is 21.3 Å². The van der Waals surface area contributed by atoms with E-state index in [-0.39, 0.29) is 10.6 Å². The molecule has 7 nitrogen and oxygen atoms in total. The average molecular weight is 321 g/mol. The first-order chi connectivity index (χ1) is 10.3. The van der Waals surface area contributed by atoms with Gasteiger partial charge in [-0.15, -0.1) is 0 Å². The van der Waals surface area contributed by atoms with Gasteiger partial charge in [-0.3, -0.25) is 10.1 Å². The van der Waals surface area contributed by atoms with Gasteiger partial charge in [0.2, 0.25) is 0 Å². The van der Waals surface area contributed by atoms with Gasteiger partial charge in [-0.25, -0.2) is 13.4 Å². The second-order valence-electron chi connectivity index (χ2n) is 4.89. The van der Waals surface area contributed by atoms with E-state index in [1.807, 2.05) is 0 Å². The lowest BCUT2D eigenvalue weighted by Gasteiger charge is -2.08. The number of nitro groups is 1. The lowest BCUT2D eigenvalue weighted by Crippen LogP contribution is -2.04. The van der Waals surface area contributed by atoms with Crippen LogP contribution >= 0.6 is 0 Å². The predicted molar refractivity (Wildman–Crippen MR) is 82.5 cm³/mol. The SMILES string of the molecule is Cc1cc([N+](=O)[O-])cnc1NCc1ccc(S(C)(=O)=O)cc1. The molecule has 1 aromatic heterocycles. The molecule has 1 N–H and O–H groups in total. The number of nitrogens with one attached hydrogen (secondary N) is 1. The summed E-state index contributed by atoms with van der Waals surface area (Å²) in [6.45, 7) is 2.17. The maximum absolute atomic E-state index is 11.4. The minimum Gasteiger partial charge on any atom is -0.366 e. The second-order valence-corrected chi connectivity index (χ2v) is 6.90. The molecule has 0 saturated carbocycles. The third-order valence-corrected chi connectivity index (χ3v) is 4.21. The van der Waals surface area contributed by atoms with Crippen LogP contribution in [0.1, 0.15) is 11.1 Å². The molecule has 0 aliphatic rings. The van der Waals surface area contributed by atoms with Crippen LogP contribution in [-0.2, 0) is 16.4 Å². The Bertz CT molecular complexity index is 801. The van der Waals surface area contributed by atoms with Gasteiger partial charge in [-0.2, -0.15) is 0 Å². The molecule has 0 fully saturated rings. The standard InChI is InChI=1S/C14H15N3O4S/c1-10-7-12(17(18)19)9-16-14(10)15-8-11-3-5-13(6-4-11)22(2,20)21/h3-7,9H,8H2,1-2H3,(H,15,16). The molecule has 8 heteroatoms. The van der Waals surface area contributed by atoms with Crippen molar-refractivity contribution in [3.05, 3.63) is 57.8 Å². The maximum atomic E-state index is 11.4. The minimum atomic E-state index is -3.20. The quantitative estimate of drug-likeness (QED) is 0.669. The summed E-state index contributed by atoms with van der Waals surface area (Å²) < 4.78 is 22.7. The van der Waals surface area contributed by atoms with Crippen LogP contribution in [0.25, 0.3) is 0 Å². The smallest absolute Gasteiger partial charge is 0.287 e. The number of rotatable bonds is 5. The summed E-state index contributed by atoms with van der Waals surface area (Å²) in [5.41, 5.74) is 1.49. The van der Waals surface area contributed by atoms with Crippen LogP contribution in [0.5, 0.6) is 0 Å². The molecule has 0 aliphatic heterocycles. The molecular formula is C14H15N3O4S. The lowest BCUT2D eigenvalue weighted by atomic mass is 10.2. The zero-order valence-electron chi connectivity index (χ0n) is 12.1. The summed E-state index contributed by atoms with van der Waals surface area (Å²) in [7, 11) is -3.20. The van der Waals surface area contributed by atoms with Crippen LogP contribution in [0.15, 0.2) is 41.4 Å². The number of aromatic nitrogens is 1.